The summed E-state index contributed by atoms with van der Waals surface area (Å²) in [5.74, 6) is -0.984. The van der Waals surface area contributed by atoms with Gasteiger partial charge in [0, 0.05) is 60.8 Å². The number of carbonyl (C=O) groups excluding carboxylic acids is 4. The summed E-state index contributed by atoms with van der Waals surface area (Å²) in [6, 6.07) is 18.3. The second-order valence-corrected chi connectivity index (χ2v) is 15.4. The predicted octanol–water partition coefficient (Wildman–Crippen LogP) is -1.20. The molecule has 4 heterocycles. The minimum absolute atomic E-state index is 0.0864. The first-order valence-corrected chi connectivity index (χ1v) is 21.0. The first kappa shape index (κ1) is 49.3. The quantitative estimate of drug-likeness (QED) is 0.0492. The van der Waals surface area contributed by atoms with Gasteiger partial charge >= 0.3 is 0 Å². The highest BCUT2D eigenvalue weighted by atomic mass is 16.7. The Bertz CT molecular complexity index is 2090. The number of aromatic nitrogens is 2. The van der Waals surface area contributed by atoms with Gasteiger partial charge in [-0.05, 0) is 85.6 Å². The molecule has 0 aliphatic carbocycles. The number of aliphatic hydroxyl groups is 8. The van der Waals surface area contributed by atoms with Gasteiger partial charge in [0.25, 0.3) is 11.8 Å². The number of aliphatic hydroxyl groups excluding tert-OH is 8. The maximum absolute atomic E-state index is 13.0. The molecule has 2 aromatic heterocycles. The van der Waals surface area contributed by atoms with Crippen molar-refractivity contribution >= 4 is 35.0 Å². The highest BCUT2D eigenvalue weighted by molar-refractivity contribution is 5.96. The van der Waals surface area contributed by atoms with Crippen LogP contribution < -0.4 is 30.7 Å². The van der Waals surface area contributed by atoms with Crippen molar-refractivity contribution in [1.29, 1.82) is 0 Å². The van der Waals surface area contributed by atoms with Crippen LogP contribution in [-0.2, 0) is 19.1 Å². The van der Waals surface area contributed by atoms with Gasteiger partial charge in [-0.2, -0.15) is 0 Å². The summed E-state index contributed by atoms with van der Waals surface area (Å²) in [7, 11) is 0. The Labute approximate surface area is 377 Å². The van der Waals surface area contributed by atoms with E-state index in [4.69, 9.17) is 18.9 Å². The third-order valence-electron chi connectivity index (χ3n) is 10.5. The van der Waals surface area contributed by atoms with Crippen LogP contribution in [0.5, 0.6) is 11.5 Å². The molecule has 4 amide bonds. The van der Waals surface area contributed by atoms with Gasteiger partial charge in [-0.3, -0.25) is 29.1 Å². The lowest BCUT2D eigenvalue weighted by Crippen LogP contribution is -2.60. The van der Waals surface area contributed by atoms with Crippen LogP contribution in [0.15, 0.2) is 85.2 Å². The Hall–Kier alpha value is -6.18. The van der Waals surface area contributed by atoms with Crippen molar-refractivity contribution in [2.75, 3.05) is 36.9 Å². The summed E-state index contributed by atoms with van der Waals surface area (Å²) in [6.07, 6.45) is -10.6. The van der Waals surface area contributed by atoms with Gasteiger partial charge in [-0.25, -0.2) is 0 Å². The smallest absolute Gasteiger partial charge is 0.251 e. The molecule has 0 radical (unpaired) electrons. The minimum atomic E-state index is -1.59. The van der Waals surface area contributed by atoms with Crippen LogP contribution in [0, 0.1) is 0 Å². The number of amides is 4. The van der Waals surface area contributed by atoms with Gasteiger partial charge in [0.05, 0.1) is 24.6 Å². The third-order valence-corrected chi connectivity index (χ3v) is 10.5. The molecule has 354 valence electrons. The van der Waals surface area contributed by atoms with Crippen LogP contribution in [0.2, 0.25) is 0 Å². The van der Waals surface area contributed by atoms with Crippen LogP contribution in [-0.4, -0.2) is 162 Å². The van der Waals surface area contributed by atoms with Gasteiger partial charge in [-0.15, -0.1) is 0 Å². The second kappa shape index (κ2) is 23.3. The number of anilines is 2. The maximum atomic E-state index is 13.0. The number of nitrogens with one attached hydrogen (secondary N) is 4. The Balaban J connectivity index is 0.881. The molecule has 0 unspecified atom stereocenters. The van der Waals surface area contributed by atoms with E-state index in [9.17, 15) is 60.0 Å². The van der Waals surface area contributed by atoms with Crippen molar-refractivity contribution in [2.24, 2.45) is 0 Å². The van der Waals surface area contributed by atoms with E-state index < -0.39 is 86.4 Å². The number of pyridine rings is 2. The fourth-order valence-electron chi connectivity index (χ4n) is 6.81. The normalized spacial score (nSPS) is 25.0. The molecule has 2 fully saturated rings. The SMILES string of the molecule is O=C(CCCNC(=O)c1ccnc(-c2cc(C(=O)NCCCC(=O)Nc3ccc(O[C@H]4O[C@H](CO)[C@@H](O)[C@H](O)[C@H]4O)cc3)ccn2)c1)Nc1ccc(O[C@H]2O[C@H](CO)[C@@H](O)[C@H](O)[C@H]2O)cc1. The van der Waals surface area contributed by atoms with Gasteiger partial charge < -0.3 is 81.1 Å². The van der Waals surface area contributed by atoms with E-state index in [0.29, 0.717) is 35.6 Å². The first-order valence-electron chi connectivity index (χ1n) is 21.0. The monoisotopic (exact) mass is 920 g/mol. The summed E-state index contributed by atoms with van der Waals surface area (Å²) in [5, 5.41) is 89.9. The van der Waals surface area contributed by atoms with E-state index >= 15 is 0 Å². The molecule has 2 aliphatic heterocycles. The molecule has 12 N–H and O–H groups in total. The molecule has 2 saturated heterocycles. The molecular weight excluding hydrogens is 869 g/mol. The number of ether oxygens (including phenoxy) is 4. The molecule has 2 aromatic carbocycles. The van der Waals surface area contributed by atoms with Crippen molar-refractivity contribution in [3.05, 3.63) is 96.3 Å². The Kier molecular flexibility index (Phi) is 17.4. The number of carbonyl (C=O) groups is 4. The predicted molar refractivity (Wildman–Crippen MR) is 230 cm³/mol. The molecule has 4 aromatic rings. The van der Waals surface area contributed by atoms with Crippen molar-refractivity contribution in [2.45, 2.75) is 87.1 Å². The zero-order valence-electron chi connectivity index (χ0n) is 35.3. The number of rotatable bonds is 19. The fourth-order valence-corrected chi connectivity index (χ4v) is 6.81. The molecule has 22 heteroatoms. The average Bonchev–Trinajstić information content (AvgIpc) is 3.33. The van der Waals surface area contributed by atoms with E-state index in [1.807, 2.05) is 0 Å². The van der Waals surface area contributed by atoms with E-state index in [1.54, 1.807) is 24.3 Å². The number of hydrogen-bond acceptors (Lipinski definition) is 18. The van der Waals surface area contributed by atoms with E-state index in [2.05, 4.69) is 31.2 Å². The van der Waals surface area contributed by atoms with E-state index in [1.165, 1.54) is 60.9 Å². The molecule has 0 bridgehead atoms. The second-order valence-electron chi connectivity index (χ2n) is 15.4. The fraction of sp³-hybridized carbons (Fsp3) is 0.409. The van der Waals surface area contributed by atoms with Crippen LogP contribution in [0.1, 0.15) is 46.4 Å². The van der Waals surface area contributed by atoms with Gasteiger partial charge in [-0.1, -0.05) is 0 Å². The Morgan fingerprint density at radius 3 is 1.27 bits per heavy atom. The molecule has 10 atom stereocenters. The van der Waals surface area contributed by atoms with Gasteiger partial charge in [0.2, 0.25) is 24.4 Å². The van der Waals surface area contributed by atoms with Crippen LogP contribution in [0.25, 0.3) is 11.4 Å². The summed E-state index contributed by atoms with van der Waals surface area (Å²) in [5.41, 5.74) is 2.13. The van der Waals surface area contributed by atoms with E-state index in [0.717, 1.165) is 0 Å². The molecule has 66 heavy (non-hydrogen) atoms. The molecule has 0 saturated carbocycles. The van der Waals surface area contributed by atoms with Crippen LogP contribution in [0.3, 0.4) is 0 Å². The molecular formula is C44H52N6O16. The zero-order chi connectivity index (χ0) is 47.3. The lowest BCUT2D eigenvalue weighted by molar-refractivity contribution is -0.277. The van der Waals surface area contributed by atoms with Crippen molar-refractivity contribution in [1.82, 2.24) is 20.6 Å². The average molecular weight is 921 g/mol. The maximum Gasteiger partial charge on any atom is 0.251 e. The topological polar surface area (TPSA) is 341 Å². The summed E-state index contributed by atoms with van der Waals surface area (Å²) >= 11 is 0. The van der Waals surface area contributed by atoms with Crippen molar-refractivity contribution in [3.8, 4) is 22.9 Å². The van der Waals surface area contributed by atoms with Crippen molar-refractivity contribution in [3.63, 3.8) is 0 Å². The lowest BCUT2D eigenvalue weighted by Gasteiger charge is -2.39. The van der Waals surface area contributed by atoms with Crippen LogP contribution >= 0.6 is 0 Å². The standard InChI is InChI=1S/C44H52N6O16/c51-21-31-35(55)37(57)39(59)43(65-31)63-27-9-5-25(6-10-27)49-33(53)3-1-15-47-41(61)23-13-17-45-29(19-23)30-20-24(14-18-46-30)42(62)48-16-2-4-34(54)50-26-7-11-28(12-8-26)64-44-40(60)38(58)36(56)32(22-52)66-44/h5-14,17-20,31-32,35-40,43-44,51-52,55-60H,1-4,15-16,21-22H2,(H,47,61)(H,48,62)(H,49,53)(H,50,54)/t31-,32-,35-,36-,37+,38+,39-,40-,43+,44+/m1/s1. The molecule has 22 nitrogen and oxygen atoms in total. The summed E-state index contributed by atoms with van der Waals surface area (Å²) in [6.45, 7) is -0.820. The highest BCUT2D eigenvalue weighted by Crippen LogP contribution is 2.27. The van der Waals surface area contributed by atoms with Gasteiger partial charge in [0.15, 0.2) is 0 Å². The van der Waals surface area contributed by atoms with E-state index in [-0.39, 0.29) is 60.4 Å². The molecule has 0 spiro atoms. The highest BCUT2D eigenvalue weighted by Gasteiger charge is 2.46. The zero-order valence-corrected chi connectivity index (χ0v) is 35.3. The third kappa shape index (κ3) is 13.0. The Morgan fingerprint density at radius 2 is 0.909 bits per heavy atom. The summed E-state index contributed by atoms with van der Waals surface area (Å²) in [4.78, 5) is 59.7. The molecule has 6 rings (SSSR count). The molecule has 2 aliphatic rings. The van der Waals surface area contributed by atoms with Gasteiger partial charge in [0.1, 0.15) is 60.3 Å². The largest absolute Gasteiger partial charge is 0.462 e. The number of nitrogens with zero attached hydrogens (tertiary/aromatic N) is 2. The van der Waals surface area contributed by atoms with Crippen molar-refractivity contribution < 1.29 is 79.0 Å². The minimum Gasteiger partial charge on any atom is -0.462 e. The Morgan fingerprint density at radius 1 is 0.530 bits per heavy atom. The summed E-state index contributed by atoms with van der Waals surface area (Å²) < 4.78 is 21.8. The number of hydrogen-bond donors (Lipinski definition) is 12. The van der Waals surface area contributed by atoms with Crippen LogP contribution in [0.4, 0.5) is 11.4 Å². The lowest BCUT2D eigenvalue weighted by atomic mass is 9.99. The first-order chi connectivity index (χ1) is 31.7. The number of benzene rings is 2.